The van der Waals surface area contributed by atoms with Crippen LogP contribution >= 0.6 is 0 Å². The molecule has 2 N–H and O–H groups in total. The number of nitrogens with zero attached hydrogens (tertiary/aromatic N) is 2. The van der Waals surface area contributed by atoms with Gasteiger partial charge in [-0.05, 0) is 48.5 Å². The predicted molar refractivity (Wildman–Crippen MR) is 116 cm³/mol. The molecule has 0 saturated carbocycles. The van der Waals surface area contributed by atoms with Crippen LogP contribution in [0.15, 0.2) is 78.9 Å². The molecule has 3 aromatic carbocycles. The van der Waals surface area contributed by atoms with Crippen molar-refractivity contribution >= 4 is 28.8 Å². The summed E-state index contributed by atoms with van der Waals surface area (Å²) < 4.78 is 14.0. The average Bonchev–Trinajstić information content (AvgIpc) is 2.75. The van der Waals surface area contributed by atoms with Crippen LogP contribution in [0, 0.1) is 5.82 Å². The van der Waals surface area contributed by atoms with Crippen LogP contribution in [0.5, 0.6) is 0 Å². The Balaban J connectivity index is 1.32. The standard InChI is InChI=1S/C23H23FN4O/c24-21-8-4-5-9-22(21)28-16-14-27(15-17-28)20-12-10-19(11-13-20)26-23(29)25-18-6-2-1-3-7-18/h1-13H,14-17H2,(H2,25,26,29). The number of hydrogen-bond acceptors (Lipinski definition) is 3. The molecule has 4 rings (SSSR count). The summed E-state index contributed by atoms with van der Waals surface area (Å²) in [5, 5.41) is 5.63. The van der Waals surface area contributed by atoms with Gasteiger partial charge < -0.3 is 20.4 Å². The molecule has 6 heteroatoms. The molecule has 1 aliphatic rings. The molecular weight excluding hydrogens is 367 g/mol. The van der Waals surface area contributed by atoms with Crippen molar-refractivity contribution in [3.05, 3.63) is 84.7 Å². The molecule has 5 nitrogen and oxygen atoms in total. The van der Waals surface area contributed by atoms with E-state index in [1.54, 1.807) is 6.07 Å². The summed E-state index contributed by atoms with van der Waals surface area (Å²) in [4.78, 5) is 16.4. The van der Waals surface area contributed by atoms with Gasteiger partial charge >= 0.3 is 6.03 Å². The van der Waals surface area contributed by atoms with Crippen LogP contribution in [0.25, 0.3) is 0 Å². The zero-order chi connectivity index (χ0) is 20.1. The van der Waals surface area contributed by atoms with Gasteiger partial charge in [-0.1, -0.05) is 30.3 Å². The van der Waals surface area contributed by atoms with Gasteiger partial charge in [-0.3, -0.25) is 0 Å². The molecule has 0 spiro atoms. The van der Waals surface area contributed by atoms with Crippen molar-refractivity contribution in [3.8, 4) is 0 Å². The van der Waals surface area contributed by atoms with Crippen molar-refractivity contribution in [2.75, 3.05) is 46.6 Å². The van der Waals surface area contributed by atoms with Gasteiger partial charge in [-0.15, -0.1) is 0 Å². The summed E-state index contributed by atoms with van der Waals surface area (Å²) in [6, 6.07) is 23.7. The van der Waals surface area contributed by atoms with E-state index in [-0.39, 0.29) is 11.8 Å². The number of rotatable bonds is 4. The van der Waals surface area contributed by atoms with E-state index in [9.17, 15) is 9.18 Å². The maximum atomic E-state index is 14.0. The maximum Gasteiger partial charge on any atom is 0.323 e. The minimum atomic E-state index is -0.276. The summed E-state index contributed by atoms with van der Waals surface area (Å²) in [5.74, 6) is -0.176. The minimum Gasteiger partial charge on any atom is -0.368 e. The van der Waals surface area contributed by atoms with E-state index in [0.717, 1.165) is 43.2 Å². The van der Waals surface area contributed by atoms with E-state index < -0.39 is 0 Å². The summed E-state index contributed by atoms with van der Waals surface area (Å²) in [7, 11) is 0. The topological polar surface area (TPSA) is 47.6 Å². The monoisotopic (exact) mass is 390 g/mol. The molecule has 3 aromatic rings. The van der Waals surface area contributed by atoms with Gasteiger partial charge in [-0.25, -0.2) is 9.18 Å². The normalized spacial score (nSPS) is 13.8. The third-order valence-corrected chi connectivity index (χ3v) is 4.99. The van der Waals surface area contributed by atoms with Crippen molar-refractivity contribution < 1.29 is 9.18 Å². The number of nitrogens with one attached hydrogen (secondary N) is 2. The zero-order valence-corrected chi connectivity index (χ0v) is 16.0. The number of benzene rings is 3. The van der Waals surface area contributed by atoms with Crippen LogP contribution in [-0.2, 0) is 0 Å². The quantitative estimate of drug-likeness (QED) is 0.673. The third kappa shape index (κ3) is 4.66. The Morgan fingerprint density at radius 1 is 0.690 bits per heavy atom. The number of hydrogen-bond donors (Lipinski definition) is 2. The second-order valence-electron chi connectivity index (χ2n) is 6.92. The SMILES string of the molecule is O=C(Nc1ccccc1)Nc1ccc(N2CCN(c3ccccc3F)CC2)cc1. The van der Waals surface area contributed by atoms with Gasteiger partial charge in [0.25, 0.3) is 0 Å². The Hall–Kier alpha value is -3.54. The number of para-hydroxylation sites is 2. The van der Waals surface area contributed by atoms with Crippen LogP contribution in [0.3, 0.4) is 0 Å². The summed E-state index contributed by atoms with van der Waals surface area (Å²) in [5.41, 5.74) is 3.23. The van der Waals surface area contributed by atoms with Crippen molar-refractivity contribution in [1.29, 1.82) is 0 Å². The van der Waals surface area contributed by atoms with E-state index >= 15 is 0 Å². The smallest absolute Gasteiger partial charge is 0.323 e. The number of halogens is 1. The summed E-state index contributed by atoms with van der Waals surface area (Å²) >= 11 is 0. The highest BCUT2D eigenvalue weighted by molar-refractivity contribution is 5.99. The van der Waals surface area contributed by atoms with Gasteiger partial charge in [-0.2, -0.15) is 0 Å². The highest BCUT2D eigenvalue weighted by Crippen LogP contribution is 2.24. The third-order valence-electron chi connectivity index (χ3n) is 4.99. The Kier molecular flexibility index (Phi) is 5.61. The molecule has 0 aliphatic carbocycles. The maximum absolute atomic E-state index is 14.0. The molecule has 0 bridgehead atoms. The van der Waals surface area contributed by atoms with Crippen LogP contribution in [0.2, 0.25) is 0 Å². The Morgan fingerprint density at radius 3 is 1.90 bits per heavy atom. The molecule has 0 unspecified atom stereocenters. The number of urea groups is 1. The molecule has 1 fully saturated rings. The largest absolute Gasteiger partial charge is 0.368 e. The van der Waals surface area contributed by atoms with Gasteiger partial charge in [0.2, 0.25) is 0 Å². The molecule has 1 aliphatic heterocycles. The summed E-state index contributed by atoms with van der Waals surface area (Å²) in [6.07, 6.45) is 0. The highest BCUT2D eigenvalue weighted by atomic mass is 19.1. The lowest BCUT2D eigenvalue weighted by Crippen LogP contribution is -2.46. The summed E-state index contributed by atoms with van der Waals surface area (Å²) in [6.45, 7) is 3.16. The van der Waals surface area contributed by atoms with Crippen molar-refractivity contribution in [1.82, 2.24) is 0 Å². The lowest BCUT2D eigenvalue weighted by Gasteiger charge is -2.37. The molecule has 0 atom stereocenters. The van der Waals surface area contributed by atoms with Crippen molar-refractivity contribution in [2.24, 2.45) is 0 Å². The van der Waals surface area contributed by atoms with Crippen molar-refractivity contribution in [3.63, 3.8) is 0 Å². The average molecular weight is 390 g/mol. The molecule has 148 valence electrons. The molecular formula is C23H23FN4O. The van der Waals surface area contributed by atoms with Crippen LogP contribution in [-0.4, -0.2) is 32.2 Å². The molecule has 29 heavy (non-hydrogen) atoms. The fourth-order valence-corrected chi connectivity index (χ4v) is 3.48. The first-order chi connectivity index (χ1) is 14.2. The lowest BCUT2D eigenvalue weighted by atomic mass is 10.2. The van der Waals surface area contributed by atoms with Crippen molar-refractivity contribution in [2.45, 2.75) is 0 Å². The first-order valence-corrected chi connectivity index (χ1v) is 9.66. The van der Waals surface area contributed by atoms with Crippen LogP contribution < -0.4 is 20.4 Å². The first kappa shape index (κ1) is 18.8. The first-order valence-electron chi connectivity index (χ1n) is 9.66. The molecule has 0 aromatic heterocycles. The number of piperazine rings is 1. The van der Waals surface area contributed by atoms with Gasteiger partial charge in [0.05, 0.1) is 5.69 Å². The minimum absolute atomic E-state index is 0.176. The second-order valence-corrected chi connectivity index (χ2v) is 6.92. The zero-order valence-electron chi connectivity index (χ0n) is 16.0. The molecule has 1 heterocycles. The predicted octanol–water partition coefficient (Wildman–Crippen LogP) is 4.80. The fraction of sp³-hybridized carbons (Fsp3) is 0.174. The second kappa shape index (κ2) is 8.65. The van der Waals surface area contributed by atoms with E-state index in [1.165, 1.54) is 6.07 Å². The van der Waals surface area contributed by atoms with Gasteiger partial charge in [0, 0.05) is 43.2 Å². The molecule has 2 amide bonds. The number of anilines is 4. The van der Waals surface area contributed by atoms with Crippen LogP contribution in [0.4, 0.5) is 31.9 Å². The number of amides is 2. The van der Waals surface area contributed by atoms with E-state index in [4.69, 9.17) is 0 Å². The van der Waals surface area contributed by atoms with E-state index in [2.05, 4.69) is 20.4 Å². The molecule has 0 radical (unpaired) electrons. The van der Waals surface area contributed by atoms with Gasteiger partial charge in [0.1, 0.15) is 5.82 Å². The van der Waals surface area contributed by atoms with Gasteiger partial charge in [0.15, 0.2) is 0 Å². The van der Waals surface area contributed by atoms with E-state index in [0.29, 0.717) is 5.69 Å². The fourth-order valence-electron chi connectivity index (χ4n) is 3.48. The Labute approximate surface area is 169 Å². The lowest BCUT2D eigenvalue weighted by molar-refractivity contribution is 0.262. The Morgan fingerprint density at radius 2 is 1.24 bits per heavy atom. The Bertz CT molecular complexity index is 954. The van der Waals surface area contributed by atoms with E-state index in [1.807, 2.05) is 66.7 Å². The number of carbonyl (C=O) groups is 1. The molecule has 1 saturated heterocycles. The number of carbonyl (C=O) groups excluding carboxylic acids is 1. The van der Waals surface area contributed by atoms with Crippen LogP contribution in [0.1, 0.15) is 0 Å². The highest BCUT2D eigenvalue weighted by Gasteiger charge is 2.19.